The lowest BCUT2D eigenvalue weighted by atomic mass is 10.1. The van der Waals surface area contributed by atoms with Crippen molar-refractivity contribution >= 4 is 23.4 Å². The first-order valence-electron chi connectivity index (χ1n) is 10.0. The number of amides is 1. The predicted octanol–water partition coefficient (Wildman–Crippen LogP) is 3.68. The van der Waals surface area contributed by atoms with E-state index in [-0.39, 0.29) is 5.91 Å². The van der Waals surface area contributed by atoms with Gasteiger partial charge in [-0.05, 0) is 29.8 Å². The van der Waals surface area contributed by atoms with Gasteiger partial charge < -0.3 is 19.1 Å². The van der Waals surface area contributed by atoms with Crippen LogP contribution in [0.3, 0.4) is 0 Å². The maximum Gasteiger partial charge on any atom is 0.253 e. The molecule has 0 unspecified atom stereocenters. The summed E-state index contributed by atoms with van der Waals surface area (Å²) in [6.07, 6.45) is 3.75. The third-order valence-electron chi connectivity index (χ3n) is 5.34. The molecule has 0 bridgehead atoms. The number of rotatable bonds is 6. The minimum absolute atomic E-state index is 0.0954. The molecule has 0 radical (unpaired) electrons. The summed E-state index contributed by atoms with van der Waals surface area (Å²) < 4.78 is 7.48. The fourth-order valence-corrected chi connectivity index (χ4v) is 4.49. The van der Waals surface area contributed by atoms with Gasteiger partial charge in [-0.3, -0.25) is 4.79 Å². The first-order chi connectivity index (χ1) is 14.7. The second-order valence-corrected chi connectivity index (χ2v) is 8.20. The molecule has 0 saturated carbocycles. The number of imidazole rings is 1. The molecular formula is C23H26N4O2S. The summed E-state index contributed by atoms with van der Waals surface area (Å²) in [4.78, 5) is 21.5. The highest BCUT2D eigenvalue weighted by Gasteiger charge is 2.23. The van der Waals surface area contributed by atoms with Crippen molar-refractivity contribution in [2.24, 2.45) is 7.05 Å². The average molecular weight is 423 g/mol. The van der Waals surface area contributed by atoms with Gasteiger partial charge in [0.05, 0.1) is 12.8 Å². The molecule has 1 fully saturated rings. The van der Waals surface area contributed by atoms with Crippen LogP contribution in [0.2, 0.25) is 0 Å². The Balaban J connectivity index is 1.33. The Morgan fingerprint density at radius 1 is 1.07 bits per heavy atom. The third kappa shape index (κ3) is 4.46. The molecular weight excluding hydrogens is 396 g/mol. The minimum Gasteiger partial charge on any atom is -0.495 e. The molecule has 4 rings (SSSR count). The number of aryl methyl sites for hydroxylation is 1. The van der Waals surface area contributed by atoms with Gasteiger partial charge in [-0.25, -0.2) is 4.98 Å². The average Bonchev–Trinajstić information content (AvgIpc) is 3.22. The quantitative estimate of drug-likeness (QED) is 0.567. The maximum atomic E-state index is 12.9. The summed E-state index contributed by atoms with van der Waals surface area (Å²) in [5.41, 5.74) is 3.01. The second kappa shape index (κ2) is 9.26. The highest BCUT2D eigenvalue weighted by Crippen LogP contribution is 2.28. The van der Waals surface area contributed by atoms with Crippen molar-refractivity contribution in [2.45, 2.75) is 10.9 Å². The van der Waals surface area contributed by atoms with Crippen molar-refractivity contribution in [1.82, 2.24) is 14.5 Å². The number of carbonyl (C=O) groups excluding carboxylic acids is 1. The van der Waals surface area contributed by atoms with Crippen molar-refractivity contribution in [3.8, 4) is 5.75 Å². The first-order valence-corrected chi connectivity index (χ1v) is 11.0. The van der Waals surface area contributed by atoms with E-state index >= 15 is 0 Å². The summed E-state index contributed by atoms with van der Waals surface area (Å²) in [6.45, 7) is 3.00. The van der Waals surface area contributed by atoms with Crippen LogP contribution < -0.4 is 9.64 Å². The van der Waals surface area contributed by atoms with Crippen LogP contribution in [0.5, 0.6) is 5.75 Å². The van der Waals surface area contributed by atoms with Crippen molar-refractivity contribution in [3.05, 3.63) is 72.1 Å². The molecule has 1 amide bonds. The van der Waals surface area contributed by atoms with E-state index in [1.165, 1.54) is 5.56 Å². The molecule has 0 atom stereocenters. The normalized spacial score (nSPS) is 14.1. The summed E-state index contributed by atoms with van der Waals surface area (Å²) in [7, 11) is 3.68. The fraction of sp³-hybridized carbons (Fsp3) is 0.304. The molecule has 0 aliphatic carbocycles. The molecule has 0 N–H and O–H groups in total. The van der Waals surface area contributed by atoms with E-state index in [1.807, 2.05) is 65.2 Å². The van der Waals surface area contributed by atoms with E-state index < -0.39 is 0 Å². The van der Waals surface area contributed by atoms with Crippen LogP contribution in [0.25, 0.3) is 0 Å². The van der Waals surface area contributed by atoms with Crippen molar-refractivity contribution in [3.63, 3.8) is 0 Å². The fourth-order valence-electron chi connectivity index (χ4n) is 3.61. The number of ether oxygens (including phenoxy) is 1. The molecule has 0 spiro atoms. The molecule has 1 aromatic heterocycles. The number of carbonyl (C=O) groups is 1. The summed E-state index contributed by atoms with van der Waals surface area (Å²) >= 11 is 1.69. The van der Waals surface area contributed by atoms with E-state index in [2.05, 4.69) is 16.0 Å². The Bertz CT molecular complexity index is 994. The van der Waals surface area contributed by atoms with Crippen molar-refractivity contribution in [1.29, 1.82) is 0 Å². The predicted molar refractivity (Wildman–Crippen MR) is 120 cm³/mol. The Morgan fingerprint density at radius 2 is 1.80 bits per heavy atom. The summed E-state index contributed by atoms with van der Waals surface area (Å²) in [6, 6.07) is 16.0. The molecule has 6 nitrogen and oxygen atoms in total. The summed E-state index contributed by atoms with van der Waals surface area (Å²) in [5.74, 6) is 1.80. The number of aromatic nitrogens is 2. The van der Waals surface area contributed by atoms with Crippen LogP contribution in [-0.4, -0.2) is 53.6 Å². The lowest BCUT2D eigenvalue weighted by molar-refractivity contribution is 0.0746. The van der Waals surface area contributed by atoms with Crippen LogP contribution in [0.15, 0.2) is 66.1 Å². The van der Waals surface area contributed by atoms with Crippen molar-refractivity contribution in [2.75, 3.05) is 38.2 Å². The highest BCUT2D eigenvalue weighted by atomic mass is 32.2. The van der Waals surface area contributed by atoms with E-state index in [1.54, 1.807) is 25.1 Å². The van der Waals surface area contributed by atoms with Crippen LogP contribution >= 0.6 is 11.8 Å². The number of methoxy groups -OCH3 is 1. The zero-order chi connectivity index (χ0) is 20.9. The first kappa shape index (κ1) is 20.3. The van der Waals surface area contributed by atoms with E-state index in [9.17, 15) is 4.79 Å². The minimum atomic E-state index is 0.0954. The molecule has 3 aromatic rings. The topological polar surface area (TPSA) is 50.6 Å². The van der Waals surface area contributed by atoms with E-state index in [4.69, 9.17) is 4.74 Å². The monoisotopic (exact) mass is 422 g/mol. The second-order valence-electron chi connectivity index (χ2n) is 7.26. The molecule has 1 aliphatic heterocycles. The van der Waals surface area contributed by atoms with E-state index in [0.29, 0.717) is 13.1 Å². The Hall–Kier alpha value is -2.93. The zero-order valence-corrected chi connectivity index (χ0v) is 18.1. The molecule has 7 heteroatoms. The molecule has 1 aliphatic rings. The third-order valence-corrected chi connectivity index (χ3v) is 6.47. The molecule has 156 valence electrons. The van der Waals surface area contributed by atoms with Crippen LogP contribution in [-0.2, 0) is 12.8 Å². The van der Waals surface area contributed by atoms with Gasteiger partial charge >= 0.3 is 0 Å². The zero-order valence-electron chi connectivity index (χ0n) is 17.3. The van der Waals surface area contributed by atoms with Gasteiger partial charge in [-0.2, -0.15) is 0 Å². The number of benzene rings is 2. The van der Waals surface area contributed by atoms with Crippen LogP contribution in [0.4, 0.5) is 5.69 Å². The number of anilines is 1. The van der Waals surface area contributed by atoms with Crippen LogP contribution in [0, 0.1) is 0 Å². The SMILES string of the molecule is COc1ccccc1N1CCN(C(=O)c2ccc(CSc3nccn3C)cc2)CC1. The Kier molecular flexibility index (Phi) is 6.28. The number of piperazine rings is 1. The number of para-hydroxylation sites is 2. The largest absolute Gasteiger partial charge is 0.495 e. The van der Waals surface area contributed by atoms with Gasteiger partial charge in [0.1, 0.15) is 5.75 Å². The van der Waals surface area contributed by atoms with Gasteiger partial charge in [0.2, 0.25) is 0 Å². The number of thioether (sulfide) groups is 1. The van der Waals surface area contributed by atoms with Gasteiger partial charge in [-0.1, -0.05) is 36.0 Å². The van der Waals surface area contributed by atoms with Gasteiger partial charge in [0.15, 0.2) is 5.16 Å². The molecule has 1 saturated heterocycles. The molecule has 2 aromatic carbocycles. The van der Waals surface area contributed by atoms with Gasteiger partial charge in [0, 0.05) is 56.9 Å². The highest BCUT2D eigenvalue weighted by molar-refractivity contribution is 7.98. The Morgan fingerprint density at radius 3 is 2.47 bits per heavy atom. The summed E-state index contributed by atoms with van der Waals surface area (Å²) in [5, 5.41) is 0.989. The smallest absolute Gasteiger partial charge is 0.253 e. The standard InChI is InChI=1S/C23H26N4O2S/c1-25-12-11-24-23(25)30-17-18-7-9-19(10-8-18)22(28)27-15-13-26(14-16-27)20-5-3-4-6-21(20)29-2/h3-12H,13-17H2,1-2H3. The van der Waals surface area contributed by atoms with Crippen molar-refractivity contribution < 1.29 is 9.53 Å². The van der Waals surface area contributed by atoms with Gasteiger partial charge in [0.25, 0.3) is 5.91 Å². The lowest BCUT2D eigenvalue weighted by Gasteiger charge is -2.36. The molecule has 2 heterocycles. The van der Waals surface area contributed by atoms with E-state index in [0.717, 1.165) is 41.0 Å². The lowest BCUT2D eigenvalue weighted by Crippen LogP contribution is -2.48. The number of hydrogen-bond donors (Lipinski definition) is 0. The maximum absolute atomic E-state index is 12.9. The Labute approximate surface area is 181 Å². The molecule has 30 heavy (non-hydrogen) atoms. The van der Waals surface area contributed by atoms with Crippen LogP contribution in [0.1, 0.15) is 15.9 Å². The number of nitrogens with zero attached hydrogens (tertiary/aromatic N) is 4. The number of hydrogen-bond acceptors (Lipinski definition) is 5. The van der Waals surface area contributed by atoms with Gasteiger partial charge in [-0.15, -0.1) is 0 Å².